The number of hydrogen-bond acceptors (Lipinski definition) is 6. The van der Waals surface area contributed by atoms with Crippen LogP contribution in [0.25, 0.3) is 10.9 Å². The first-order valence-corrected chi connectivity index (χ1v) is 12.0. The Morgan fingerprint density at radius 1 is 1.11 bits per heavy atom. The second-order valence-electron chi connectivity index (χ2n) is 8.19. The van der Waals surface area contributed by atoms with Gasteiger partial charge in [0.25, 0.3) is 5.91 Å². The van der Waals surface area contributed by atoms with Gasteiger partial charge in [-0.25, -0.2) is 0 Å². The van der Waals surface area contributed by atoms with E-state index in [-0.39, 0.29) is 17.9 Å². The third kappa shape index (κ3) is 3.95. The molecule has 5 rings (SSSR count). The number of methoxy groups -OCH3 is 2. The number of thiophene rings is 1. The molecule has 4 aromatic rings. The molecule has 2 N–H and O–H groups in total. The van der Waals surface area contributed by atoms with E-state index in [2.05, 4.69) is 4.98 Å². The molecular weight excluding hydrogens is 464 g/mol. The number of hydrogen-bond donors (Lipinski definition) is 2. The number of H-pyrrole nitrogens is 1. The quantitative estimate of drug-likeness (QED) is 0.338. The number of fused-ring (bicyclic) bond motifs is 1. The monoisotopic (exact) mass is 488 g/mol. The van der Waals surface area contributed by atoms with Crippen LogP contribution in [0.2, 0.25) is 0 Å². The van der Waals surface area contributed by atoms with Crippen molar-refractivity contribution in [1.29, 1.82) is 0 Å². The molecule has 3 heterocycles. The van der Waals surface area contributed by atoms with Crippen LogP contribution in [-0.2, 0) is 11.2 Å². The van der Waals surface area contributed by atoms with Crippen LogP contribution in [0.15, 0.2) is 77.5 Å². The molecule has 1 amide bonds. The Morgan fingerprint density at radius 2 is 1.94 bits per heavy atom. The number of nitrogens with one attached hydrogen (secondary N) is 1. The summed E-state index contributed by atoms with van der Waals surface area (Å²) in [6, 6.07) is 15.7. The second kappa shape index (κ2) is 9.31. The molecule has 178 valence electrons. The molecule has 8 heteroatoms. The summed E-state index contributed by atoms with van der Waals surface area (Å²) in [5, 5.41) is 13.7. The maximum absolute atomic E-state index is 13.4. The third-order valence-corrected chi connectivity index (χ3v) is 7.19. The number of aliphatic hydroxyl groups excluding tert-OH is 1. The fourth-order valence-electron chi connectivity index (χ4n) is 4.60. The molecule has 0 fully saturated rings. The van der Waals surface area contributed by atoms with Crippen LogP contribution in [0, 0.1) is 0 Å². The van der Waals surface area contributed by atoms with Crippen LogP contribution in [0.1, 0.15) is 26.8 Å². The van der Waals surface area contributed by atoms with Gasteiger partial charge in [0.2, 0.25) is 5.78 Å². The second-order valence-corrected chi connectivity index (χ2v) is 9.13. The molecule has 1 aliphatic heterocycles. The van der Waals surface area contributed by atoms with Crippen molar-refractivity contribution in [2.24, 2.45) is 0 Å². The van der Waals surface area contributed by atoms with Gasteiger partial charge in [0.15, 0.2) is 5.76 Å². The zero-order valence-corrected chi connectivity index (χ0v) is 20.1. The molecule has 0 radical (unpaired) electrons. The Morgan fingerprint density at radius 3 is 2.69 bits per heavy atom. The Balaban J connectivity index is 1.53. The average Bonchev–Trinajstić information content (AvgIpc) is 3.62. The average molecular weight is 489 g/mol. The zero-order chi connectivity index (χ0) is 24.5. The molecule has 0 aliphatic carbocycles. The fourth-order valence-corrected chi connectivity index (χ4v) is 5.28. The molecular formula is C27H24N2O5S. The lowest BCUT2D eigenvalue weighted by atomic mass is 9.94. The van der Waals surface area contributed by atoms with Crippen molar-refractivity contribution < 1.29 is 24.2 Å². The first-order valence-electron chi connectivity index (χ1n) is 11.1. The van der Waals surface area contributed by atoms with Gasteiger partial charge in [0.05, 0.1) is 30.7 Å². The number of carbonyl (C=O) groups is 2. The van der Waals surface area contributed by atoms with Gasteiger partial charge < -0.3 is 24.5 Å². The van der Waals surface area contributed by atoms with Gasteiger partial charge in [-0.1, -0.05) is 24.3 Å². The Hall–Kier alpha value is -4.04. The Bertz CT molecular complexity index is 1440. The highest BCUT2D eigenvalue weighted by molar-refractivity contribution is 7.12. The van der Waals surface area contributed by atoms with Crippen LogP contribution in [0.3, 0.4) is 0 Å². The number of para-hydroxylation sites is 1. The predicted molar refractivity (Wildman–Crippen MR) is 134 cm³/mol. The lowest BCUT2D eigenvalue weighted by molar-refractivity contribution is -0.129. The van der Waals surface area contributed by atoms with E-state index in [1.807, 2.05) is 42.6 Å². The SMILES string of the molecule is COc1ccc2[nH]cc(CCN3C(=O)C(O)=C(C(=O)c4cccs4)C3c3ccccc3OC)c2c1. The molecule has 0 saturated heterocycles. The van der Waals surface area contributed by atoms with Crippen molar-refractivity contribution in [3.63, 3.8) is 0 Å². The van der Waals surface area contributed by atoms with Crippen molar-refractivity contribution in [2.75, 3.05) is 20.8 Å². The summed E-state index contributed by atoms with van der Waals surface area (Å²) in [4.78, 5) is 32.0. The minimum absolute atomic E-state index is 0.0718. The molecule has 35 heavy (non-hydrogen) atoms. The number of nitrogens with zero attached hydrogens (tertiary/aromatic N) is 1. The van der Waals surface area contributed by atoms with Crippen molar-refractivity contribution in [2.45, 2.75) is 12.5 Å². The van der Waals surface area contributed by atoms with E-state index < -0.39 is 17.7 Å². The van der Waals surface area contributed by atoms with E-state index in [4.69, 9.17) is 9.47 Å². The van der Waals surface area contributed by atoms with Crippen molar-refractivity contribution in [3.05, 3.63) is 93.5 Å². The maximum atomic E-state index is 13.4. The normalized spacial score (nSPS) is 15.8. The first kappa shape index (κ1) is 22.7. The van der Waals surface area contributed by atoms with Gasteiger partial charge in [0, 0.05) is 29.2 Å². The number of aliphatic hydroxyl groups is 1. The smallest absolute Gasteiger partial charge is 0.290 e. The number of ketones is 1. The molecule has 2 aromatic heterocycles. The van der Waals surface area contributed by atoms with Gasteiger partial charge in [-0.15, -0.1) is 11.3 Å². The standard InChI is InChI=1S/C27H24N2O5S/c1-33-17-9-10-20-19(14-17)16(15-28-20)11-12-29-24(18-6-3-4-7-21(18)34-2)23(26(31)27(29)32)25(30)22-8-5-13-35-22/h3-10,13-15,24,28,31H,11-12H2,1-2H3. The molecule has 1 aliphatic rings. The topological polar surface area (TPSA) is 91.9 Å². The van der Waals surface area contributed by atoms with Crippen LogP contribution in [0.5, 0.6) is 11.5 Å². The maximum Gasteiger partial charge on any atom is 0.290 e. The summed E-state index contributed by atoms with van der Waals surface area (Å²) >= 11 is 1.27. The lowest BCUT2D eigenvalue weighted by Gasteiger charge is -2.28. The Kier molecular flexibility index (Phi) is 6.05. The van der Waals surface area contributed by atoms with E-state index in [0.717, 1.165) is 22.2 Å². The molecule has 1 atom stereocenters. The summed E-state index contributed by atoms with van der Waals surface area (Å²) in [5.74, 6) is -0.164. The number of ether oxygens (including phenoxy) is 2. The van der Waals surface area contributed by atoms with Crippen molar-refractivity contribution >= 4 is 33.9 Å². The van der Waals surface area contributed by atoms with E-state index in [1.54, 1.807) is 42.7 Å². The molecule has 0 saturated carbocycles. The predicted octanol–water partition coefficient (Wildman–Crippen LogP) is 5.07. The summed E-state index contributed by atoms with van der Waals surface area (Å²) in [7, 11) is 3.17. The minimum atomic E-state index is -0.770. The van der Waals surface area contributed by atoms with Crippen molar-refractivity contribution in [1.82, 2.24) is 9.88 Å². The number of amides is 1. The minimum Gasteiger partial charge on any atom is -0.503 e. The summed E-state index contributed by atoms with van der Waals surface area (Å²) in [5.41, 5.74) is 2.68. The van der Waals surface area contributed by atoms with Crippen LogP contribution < -0.4 is 9.47 Å². The van der Waals surface area contributed by atoms with E-state index in [1.165, 1.54) is 11.3 Å². The molecule has 7 nitrogen and oxygen atoms in total. The zero-order valence-electron chi connectivity index (χ0n) is 19.3. The molecule has 0 spiro atoms. The van der Waals surface area contributed by atoms with E-state index in [9.17, 15) is 14.7 Å². The largest absolute Gasteiger partial charge is 0.503 e. The highest BCUT2D eigenvalue weighted by Gasteiger charge is 2.44. The molecule has 0 bridgehead atoms. The molecule has 2 aromatic carbocycles. The van der Waals surface area contributed by atoms with E-state index >= 15 is 0 Å². The lowest BCUT2D eigenvalue weighted by Crippen LogP contribution is -2.33. The number of aromatic amines is 1. The molecule has 1 unspecified atom stereocenters. The first-order chi connectivity index (χ1) is 17.0. The number of benzene rings is 2. The summed E-state index contributed by atoms with van der Waals surface area (Å²) in [6.45, 7) is 0.289. The van der Waals surface area contributed by atoms with Crippen molar-refractivity contribution in [3.8, 4) is 11.5 Å². The van der Waals surface area contributed by atoms with Crippen LogP contribution in [-0.4, -0.2) is 47.4 Å². The third-order valence-electron chi connectivity index (χ3n) is 6.32. The van der Waals surface area contributed by atoms with Gasteiger partial charge in [-0.3, -0.25) is 9.59 Å². The highest BCUT2D eigenvalue weighted by atomic mass is 32.1. The number of aromatic nitrogens is 1. The summed E-state index contributed by atoms with van der Waals surface area (Å²) < 4.78 is 10.9. The van der Waals surface area contributed by atoms with Crippen LogP contribution in [0.4, 0.5) is 0 Å². The summed E-state index contributed by atoms with van der Waals surface area (Å²) in [6.07, 6.45) is 2.42. The highest BCUT2D eigenvalue weighted by Crippen LogP contribution is 2.42. The van der Waals surface area contributed by atoms with Gasteiger partial charge in [0.1, 0.15) is 11.5 Å². The van der Waals surface area contributed by atoms with Gasteiger partial charge in [-0.05, 0) is 47.7 Å². The Labute approximate surface area is 206 Å². The number of rotatable bonds is 8. The van der Waals surface area contributed by atoms with E-state index in [0.29, 0.717) is 22.6 Å². The number of Topliss-reactive ketones (excluding diaryl/α,β-unsaturated/α-hetero) is 1. The fraction of sp³-hybridized carbons (Fsp3) is 0.185. The van der Waals surface area contributed by atoms with Crippen LogP contribution >= 0.6 is 11.3 Å². The van der Waals surface area contributed by atoms with Gasteiger partial charge in [-0.2, -0.15) is 0 Å². The van der Waals surface area contributed by atoms with Gasteiger partial charge >= 0.3 is 0 Å². The number of carbonyl (C=O) groups excluding carboxylic acids is 2.